The Hall–Kier alpha value is -3.08. The van der Waals surface area contributed by atoms with Crippen LogP contribution in [0.25, 0.3) is 10.9 Å². The molecule has 9 nitrogen and oxygen atoms in total. The molecular weight excluding hydrogens is 414 g/mol. The minimum absolute atomic E-state index is 0.0410. The van der Waals surface area contributed by atoms with E-state index in [1.165, 1.54) is 9.47 Å². The summed E-state index contributed by atoms with van der Waals surface area (Å²) in [5.74, 6) is -3.28. The lowest BCUT2D eigenvalue weighted by Gasteiger charge is -2.34. The zero-order valence-corrected chi connectivity index (χ0v) is 17.2. The van der Waals surface area contributed by atoms with Gasteiger partial charge in [0, 0.05) is 38.3 Å². The molecule has 166 valence electrons. The molecule has 0 bridgehead atoms. The SMILES string of the molecule is CCOC(=O)c1cc(=O)c2c(F)c([N+](=O)[O-])c(N3CCN(C)CC3)c(F)c2n1C1CC1. The highest BCUT2D eigenvalue weighted by Gasteiger charge is 2.38. The highest BCUT2D eigenvalue weighted by molar-refractivity contribution is 5.95. The van der Waals surface area contributed by atoms with Gasteiger partial charge < -0.3 is 19.1 Å². The van der Waals surface area contributed by atoms with Gasteiger partial charge in [0.05, 0.1) is 22.4 Å². The summed E-state index contributed by atoms with van der Waals surface area (Å²) >= 11 is 0. The summed E-state index contributed by atoms with van der Waals surface area (Å²) in [4.78, 5) is 39.3. The fraction of sp³-hybridized carbons (Fsp3) is 0.500. The zero-order chi connectivity index (χ0) is 22.4. The van der Waals surface area contributed by atoms with Gasteiger partial charge in [-0.15, -0.1) is 0 Å². The predicted molar refractivity (Wildman–Crippen MR) is 109 cm³/mol. The maximum Gasteiger partial charge on any atom is 0.355 e. The van der Waals surface area contributed by atoms with Crippen molar-refractivity contribution in [3.8, 4) is 0 Å². The molecule has 1 aliphatic heterocycles. The van der Waals surface area contributed by atoms with Crippen LogP contribution in [-0.4, -0.2) is 60.2 Å². The minimum Gasteiger partial charge on any atom is -0.461 e. The van der Waals surface area contributed by atoms with Crippen LogP contribution in [0.4, 0.5) is 20.2 Å². The van der Waals surface area contributed by atoms with Crippen LogP contribution >= 0.6 is 0 Å². The third kappa shape index (κ3) is 3.52. The van der Waals surface area contributed by atoms with Gasteiger partial charge in [-0.1, -0.05) is 0 Å². The maximum atomic E-state index is 16.0. The first kappa shape index (κ1) is 21.2. The van der Waals surface area contributed by atoms with E-state index in [0.717, 1.165) is 6.07 Å². The van der Waals surface area contributed by atoms with Crippen molar-refractivity contribution in [3.05, 3.63) is 43.7 Å². The first-order valence-electron chi connectivity index (χ1n) is 10.1. The average Bonchev–Trinajstić information content (AvgIpc) is 3.55. The second-order valence-electron chi connectivity index (χ2n) is 7.81. The summed E-state index contributed by atoms with van der Waals surface area (Å²) in [6.07, 6.45) is 1.21. The minimum atomic E-state index is -1.38. The van der Waals surface area contributed by atoms with Gasteiger partial charge in [-0.05, 0) is 26.8 Å². The largest absolute Gasteiger partial charge is 0.461 e. The van der Waals surface area contributed by atoms with Crippen molar-refractivity contribution in [2.24, 2.45) is 0 Å². The van der Waals surface area contributed by atoms with Crippen molar-refractivity contribution in [1.82, 2.24) is 9.47 Å². The van der Waals surface area contributed by atoms with E-state index in [9.17, 15) is 19.7 Å². The number of hydrogen-bond acceptors (Lipinski definition) is 7. The second-order valence-corrected chi connectivity index (χ2v) is 7.81. The monoisotopic (exact) mass is 436 g/mol. The predicted octanol–water partition coefficient (Wildman–Crippen LogP) is 2.45. The van der Waals surface area contributed by atoms with E-state index in [4.69, 9.17) is 4.74 Å². The Morgan fingerprint density at radius 1 is 1.23 bits per heavy atom. The number of likely N-dealkylation sites (N-methyl/N-ethyl adjacent to an activating group) is 1. The summed E-state index contributed by atoms with van der Waals surface area (Å²) in [5, 5.41) is 11.0. The van der Waals surface area contributed by atoms with Gasteiger partial charge in [-0.3, -0.25) is 14.9 Å². The van der Waals surface area contributed by atoms with Crippen molar-refractivity contribution < 1.29 is 23.2 Å². The van der Waals surface area contributed by atoms with Crippen LogP contribution in [-0.2, 0) is 4.74 Å². The molecule has 0 N–H and O–H groups in total. The summed E-state index contributed by atoms with van der Waals surface area (Å²) in [5.41, 5.74) is -3.15. The number of rotatable bonds is 5. The topological polar surface area (TPSA) is 97.9 Å². The van der Waals surface area contributed by atoms with E-state index >= 15 is 8.78 Å². The number of nitro groups is 1. The molecular formula is C20H22F2N4O5. The molecule has 0 unspecified atom stereocenters. The number of benzene rings is 1. The highest BCUT2D eigenvalue weighted by Crippen LogP contribution is 2.44. The molecule has 2 heterocycles. The number of pyridine rings is 1. The first-order chi connectivity index (χ1) is 14.8. The van der Waals surface area contributed by atoms with Crippen molar-refractivity contribution in [1.29, 1.82) is 0 Å². The van der Waals surface area contributed by atoms with Gasteiger partial charge in [-0.25, -0.2) is 9.18 Å². The Labute approximate surface area is 175 Å². The zero-order valence-electron chi connectivity index (χ0n) is 17.2. The number of carbonyl (C=O) groups excluding carboxylic acids is 1. The van der Waals surface area contributed by atoms with Gasteiger partial charge >= 0.3 is 11.7 Å². The quantitative estimate of drug-likeness (QED) is 0.403. The Morgan fingerprint density at radius 3 is 2.42 bits per heavy atom. The molecule has 2 aromatic rings. The van der Waals surface area contributed by atoms with Crippen LogP contribution < -0.4 is 10.3 Å². The molecule has 1 aromatic carbocycles. The lowest BCUT2D eigenvalue weighted by molar-refractivity contribution is -0.386. The van der Waals surface area contributed by atoms with Crippen LogP contribution in [0.2, 0.25) is 0 Å². The van der Waals surface area contributed by atoms with Gasteiger partial charge in [-0.2, -0.15) is 4.39 Å². The molecule has 0 amide bonds. The summed E-state index contributed by atoms with van der Waals surface area (Å²) in [6.45, 7) is 3.16. The number of carbonyl (C=O) groups is 1. The molecule has 0 spiro atoms. The van der Waals surface area contributed by atoms with E-state index in [1.807, 2.05) is 11.9 Å². The van der Waals surface area contributed by atoms with Crippen LogP contribution in [0.1, 0.15) is 36.3 Å². The average molecular weight is 436 g/mol. The second kappa shape index (κ2) is 7.88. The van der Waals surface area contributed by atoms with Crippen LogP contribution in [0.5, 0.6) is 0 Å². The molecule has 31 heavy (non-hydrogen) atoms. The van der Waals surface area contributed by atoms with E-state index in [0.29, 0.717) is 25.9 Å². The Bertz CT molecular complexity index is 1140. The molecule has 11 heteroatoms. The first-order valence-corrected chi connectivity index (χ1v) is 10.1. The van der Waals surface area contributed by atoms with E-state index in [1.54, 1.807) is 6.92 Å². The third-order valence-electron chi connectivity index (χ3n) is 5.72. The number of fused-ring (bicyclic) bond motifs is 1. The number of hydrogen-bond donors (Lipinski definition) is 0. The van der Waals surface area contributed by atoms with Gasteiger partial charge in [0.25, 0.3) is 0 Å². The molecule has 0 atom stereocenters. The number of anilines is 1. The molecule has 4 rings (SSSR count). The van der Waals surface area contributed by atoms with Crippen LogP contribution in [0.15, 0.2) is 10.9 Å². The van der Waals surface area contributed by atoms with Crippen molar-refractivity contribution in [2.45, 2.75) is 25.8 Å². The smallest absolute Gasteiger partial charge is 0.355 e. The number of esters is 1. The molecule has 1 saturated carbocycles. The number of aromatic nitrogens is 1. The molecule has 2 fully saturated rings. The lowest BCUT2D eigenvalue weighted by Crippen LogP contribution is -2.45. The summed E-state index contributed by atoms with van der Waals surface area (Å²) < 4.78 is 37.7. The highest BCUT2D eigenvalue weighted by atomic mass is 19.1. The molecule has 1 aromatic heterocycles. The van der Waals surface area contributed by atoms with Crippen LogP contribution in [0.3, 0.4) is 0 Å². The number of nitrogens with zero attached hydrogens (tertiary/aromatic N) is 4. The Morgan fingerprint density at radius 2 is 1.87 bits per heavy atom. The van der Waals surface area contributed by atoms with Crippen molar-refractivity contribution >= 4 is 28.2 Å². The fourth-order valence-electron chi connectivity index (χ4n) is 4.05. The molecule has 2 aliphatic rings. The Kier molecular flexibility index (Phi) is 5.38. The molecule has 1 saturated heterocycles. The van der Waals surface area contributed by atoms with Gasteiger partial charge in [0.2, 0.25) is 5.82 Å². The number of halogens is 2. The lowest BCUT2D eigenvalue weighted by atomic mass is 10.1. The van der Waals surface area contributed by atoms with E-state index < -0.39 is 50.2 Å². The van der Waals surface area contributed by atoms with E-state index in [-0.39, 0.29) is 31.4 Å². The number of nitro benzene ring substituents is 1. The Balaban J connectivity index is 2.08. The molecule has 1 aliphatic carbocycles. The normalized spacial score (nSPS) is 17.2. The van der Waals surface area contributed by atoms with Crippen molar-refractivity contribution in [3.63, 3.8) is 0 Å². The third-order valence-corrected chi connectivity index (χ3v) is 5.72. The standard InChI is InChI=1S/C20H22F2N4O5/c1-3-31-20(28)12-10-13(27)14-15(21)19(26(29)30)18(24-8-6-23(2)7-9-24)16(22)17(14)25(12)11-4-5-11/h10-11H,3-9H2,1-2H3. The number of piperazine rings is 1. The summed E-state index contributed by atoms with van der Waals surface area (Å²) in [6, 6.07) is 0.554. The van der Waals surface area contributed by atoms with Gasteiger partial charge in [0.15, 0.2) is 16.9 Å². The van der Waals surface area contributed by atoms with Crippen molar-refractivity contribution in [2.75, 3.05) is 44.7 Å². The van der Waals surface area contributed by atoms with E-state index in [2.05, 4.69) is 0 Å². The molecule has 0 radical (unpaired) electrons. The maximum absolute atomic E-state index is 16.0. The number of ether oxygens (including phenoxy) is 1. The fourth-order valence-corrected chi connectivity index (χ4v) is 4.05. The van der Waals surface area contributed by atoms with Crippen LogP contribution in [0, 0.1) is 21.7 Å². The van der Waals surface area contributed by atoms with Gasteiger partial charge in [0.1, 0.15) is 5.69 Å². The summed E-state index contributed by atoms with van der Waals surface area (Å²) in [7, 11) is 1.86.